The molecule has 2 fully saturated rings. The summed E-state index contributed by atoms with van der Waals surface area (Å²) in [5.41, 5.74) is 0.210. The van der Waals surface area contributed by atoms with E-state index in [2.05, 4.69) is 15.6 Å². The van der Waals surface area contributed by atoms with Gasteiger partial charge in [0.05, 0.1) is 23.9 Å². The van der Waals surface area contributed by atoms with Gasteiger partial charge in [-0.15, -0.1) is 0 Å². The number of carboxylic acid groups (broad SMARTS) is 1. The third-order valence-corrected chi connectivity index (χ3v) is 9.50. The van der Waals surface area contributed by atoms with Crippen LogP contribution >= 0.6 is 11.3 Å². The quantitative estimate of drug-likeness (QED) is 0.348. The lowest BCUT2D eigenvalue weighted by atomic mass is 10.0. The molecule has 10 nitrogen and oxygen atoms in total. The van der Waals surface area contributed by atoms with Gasteiger partial charge in [-0.25, -0.2) is 9.78 Å². The fraction of sp³-hybridized carbons (Fsp3) is 0.438. The average Bonchev–Trinajstić information content (AvgIpc) is 3.32. The molecule has 2 aliphatic heterocycles. The van der Waals surface area contributed by atoms with E-state index in [0.29, 0.717) is 23.8 Å². The highest BCUT2D eigenvalue weighted by molar-refractivity contribution is 7.20. The summed E-state index contributed by atoms with van der Waals surface area (Å²) >= 11 is 1.42. The number of hydrogen-bond acceptors (Lipinski definition) is 8. The Hall–Kier alpha value is -4.12. The highest BCUT2D eigenvalue weighted by Gasteiger charge is 2.61. The molecule has 1 aromatic heterocycles. The Kier molecular flexibility index (Phi) is 8.25. The maximum Gasteiger partial charge on any atom is 0.330 e. The molecule has 1 saturated carbocycles. The van der Waals surface area contributed by atoms with Crippen molar-refractivity contribution in [2.45, 2.75) is 68.7 Å². The van der Waals surface area contributed by atoms with E-state index in [1.54, 1.807) is 12.0 Å². The maximum atomic E-state index is 14.3. The van der Waals surface area contributed by atoms with Crippen LogP contribution in [0.3, 0.4) is 0 Å². The first-order valence-corrected chi connectivity index (χ1v) is 15.6. The Morgan fingerprint density at radius 1 is 1.16 bits per heavy atom. The van der Waals surface area contributed by atoms with Gasteiger partial charge in [0, 0.05) is 24.1 Å². The molecule has 1 aliphatic carbocycles. The lowest BCUT2D eigenvalue weighted by Crippen LogP contribution is -2.55. The van der Waals surface area contributed by atoms with Crippen LogP contribution in [-0.4, -0.2) is 70.2 Å². The SMILES string of the molecule is COc1cccc(N[C@H]2CCCCC/C=C\[C@H]3C[C@@]3(C(=O)O)NC(=O)[C@@H]3C[C@@H](Oc4nc5ccccc5s4)CN3C2=O)c1. The molecule has 3 aromatic rings. The van der Waals surface area contributed by atoms with Crippen molar-refractivity contribution in [3.05, 3.63) is 60.7 Å². The minimum atomic E-state index is -1.35. The largest absolute Gasteiger partial charge is 0.497 e. The smallest absolute Gasteiger partial charge is 0.330 e. The molecule has 0 spiro atoms. The molecule has 3 heterocycles. The van der Waals surface area contributed by atoms with Crippen LogP contribution in [0, 0.1) is 5.92 Å². The molecule has 0 bridgehead atoms. The summed E-state index contributed by atoms with van der Waals surface area (Å²) in [4.78, 5) is 46.6. The van der Waals surface area contributed by atoms with Gasteiger partial charge in [0.25, 0.3) is 5.19 Å². The molecular formula is C32H36N4O6S. The molecule has 6 rings (SSSR count). The van der Waals surface area contributed by atoms with Gasteiger partial charge in [-0.2, -0.15) is 0 Å². The summed E-state index contributed by atoms with van der Waals surface area (Å²) in [5, 5.41) is 16.8. The van der Waals surface area contributed by atoms with Crippen molar-refractivity contribution < 1.29 is 29.0 Å². The van der Waals surface area contributed by atoms with E-state index < -0.39 is 35.6 Å². The summed E-state index contributed by atoms with van der Waals surface area (Å²) < 4.78 is 12.6. The second-order valence-corrected chi connectivity index (χ2v) is 12.5. The number of anilines is 1. The zero-order valence-corrected chi connectivity index (χ0v) is 24.8. The van der Waals surface area contributed by atoms with E-state index in [-0.39, 0.29) is 24.8 Å². The molecule has 43 heavy (non-hydrogen) atoms. The monoisotopic (exact) mass is 604 g/mol. The van der Waals surface area contributed by atoms with Crippen molar-refractivity contribution >= 4 is 45.0 Å². The zero-order chi connectivity index (χ0) is 30.0. The van der Waals surface area contributed by atoms with Crippen LogP contribution in [0.5, 0.6) is 10.9 Å². The van der Waals surface area contributed by atoms with Gasteiger partial charge >= 0.3 is 5.97 Å². The van der Waals surface area contributed by atoms with E-state index in [1.807, 2.05) is 60.7 Å². The van der Waals surface area contributed by atoms with Gasteiger partial charge in [0.15, 0.2) is 0 Å². The number of thiazole rings is 1. The van der Waals surface area contributed by atoms with Crippen LogP contribution in [0.1, 0.15) is 44.9 Å². The number of nitrogens with zero attached hydrogens (tertiary/aromatic N) is 2. The van der Waals surface area contributed by atoms with Crippen LogP contribution in [0.25, 0.3) is 10.2 Å². The lowest BCUT2D eigenvalue weighted by molar-refractivity contribution is -0.145. The first kappa shape index (κ1) is 29.0. The number of hydrogen-bond donors (Lipinski definition) is 3. The number of benzene rings is 2. The van der Waals surface area contributed by atoms with Crippen molar-refractivity contribution in [3.63, 3.8) is 0 Å². The van der Waals surface area contributed by atoms with E-state index in [0.717, 1.165) is 41.6 Å². The van der Waals surface area contributed by atoms with Crippen LogP contribution in [0.4, 0.5) is 5.69 Å². The lowest BCUT2D eigenvalue weighted by Gasteiger charge is -2.30. The van der Waals surface area contributed by atoms with Crippen molar-refractivity contribution in [2.24, 2.45) is 5.92 Å². The molecule has 2 amide bonds. The van der Waals surface area contributed by atoms with E-state index >= 15 is 0 Å². The van der Waals surface area contributed by atoms with Crippen LogP contribution in [0.2, 0.25) is 0 Å². The van der Waals surface area contributed by atoms with Gasteiger partial charge in [-0.3, -0.25) is 9.59 Å². The third kappa shape index (κ3) is 6.17. The molecule has 11 heteroatoms. The molecular weight excluding hydrogens is 568 g/mol. The Balaban J connectivity index is 1.29. The number of amides is 2. The summed E-state index contributed by atoms with van der Waals surface area (Å²) in [6.45, 7) is 0.187. The zero-order valence-electron chi connectivity index (χ0n) is 24.0. The van der Waals surface area contributed by atoms with E-state index in [1.165, 1.54) is 11.3 Å². The molecule has 5 atom stereocenters. The van der Waals surface area contributed by atoms with Crippen molar-refractivity contribution in [1.82, 2.24) is 15.2 Å². The number of methoxy groups -OCH3 is 1. The second kappa shape index (κ2) is 12.2. The number of para-hydroxylation sites is 1. The number of aliphatic carboxylic acids is 1. The molecule has 226 valence electrons. The fourth-order valence-corrected chi connectivity index (χ4v) is 6.99. The Morgan fingerprint density at radius 2 is 2.02 bits per heavy atom. The first-order chi connectivity index (χ1) is 20.9. The molecule has 2 aromatic carbocycles. The molecule has 3 N–H and O–H groups in total. The number of aromatic nitrogens is 1. The van der Waals surface area contributed by atoms with Crippen molar-refractivity contribution in [2.75, 3.05) is 19.0 Å². The fourth-order valence-electron chi connectivity index (χ4n) is 6.11. The minimum absolute atomic E-state index is 0.187. The highest BCUT2D eigenvalue weighted by Crippen LogP contribution is 2.45. The first-order valence-electron chi connectivity index (χ1n) is 14.8. The summed E-state index contributed by atoms with van der Waals surface area (Å²) in [6.07, 6.45) is 8.09. The third-order valence-electron chi connectivity index (χ3n) is 8.57. The number of rotatable bonds is 6. The Labute approximate surface area is 254 Å². The van der Waals surface area contributed by atoms with Gasteiger partial charge < -0.3 is 30.1 Å². The summed E-state index contributed by atoms with van der Waals surface area (Å²) in [6, 6.07) is 13.7. The second-order valence-electron chi connectivity index (χ2n) is 11.5. The molecule has 3 aliphatic rings. The van der Waals surface area contributed by atoms with Gasteiger partial charge in [0.2, 0.25) is 11.8 Å². The summed E-state index contributed by atoms with van der Waals surface area (Å²) in [5.74, 6) is -1.36. The number of fused-ring (bicyclic) bond motifs is 3. The van der Waals surface area contributed by atoms with Crippen LogP contribution in [-0.2, 0) is 14.4 Å². The number of ether oxygens (including phenoxy) is 2. The Bertz CT molecular complexity index is 1510. The van der Waals surface area contributed by atoms with Crippen LogP contribution < -0.4 is 20.1 Å². The van der Waals surface area contributed by atoms with Crippen molar-refractivity contribution in [3.8, 4) is 10.9 Å². The Morgan fingerprint density at radius 3 is 2.84 bits per heavy atom. The van der Waals surface area contributed by atoms with Gasteiger partial charge in [-0.1, -0.05) is 54.5 Å². The van der Waals surface area contributed by atoms with E-state index in [9.17, 15) is 19.5 Å². The highest BCUT2D eigenvalue weighted by atomic mass is 32.1. The van der Waals surface area contributed by atoms with Crippen LogP contribution in [0.15, 0.2) is 60.7 Å². The average molecular weight is 605 g/mol. The molecule has 1 saturated heterocycles. The maximum absolute atomic E-state index is 14.3. The molecule has 0 radical (unpaired) electrons. The number of carbonyl (C=O) groups is 3. The summed E-state index contributed by atoms with van der Waals surface area (Å²) in [7, 11) is 1.59. The topological polar surface area (TPSA) is 130 Å². The number of carbonyl (C=O) groups excluding carboxylic acids is 2. The number of nitrogens with one attached hydrogen (secondary N) is 2. The minimum Gasteiger partial charge on any atom is -0.497 e. The van der Waals surface area contributed by atoms with Crippen molar-refractivity contribution in [1.29, 1.82) is 0 Å². The number of allylic oxidation sites excluding steroid dienone is 1. The van der Waals surface area contributed by atoms with Gasteiger partial charge in [-0.05, 0) is 49.9 Å². The van der Waals surface area contributed by atoms with Gasteiger partial charge in [0.1, 0.15) is 29.5 Å². The number of carboxylic acids is 1. The van der Waals surface area contributed by atoms with E-state index in [4.69, 9.17) is 9.47 Å². The molecule has 0 unspecified atom stereocenters. The predicted molar refractivity (Wildman–Crippen MR) is 163 cm³/mol. The standard InChI is InChI=1S/C32H36N4O6S/c1-41-22-12-9-11-21(16-22)33-25-14-6-4-2-3-5-10-20-18-32(20,30(39)40)35-28(37)26-17-23(19-36(26)29(25)38)42-31-34-24-13-7-8-15-27(24)43-31/h5,7-13,15-16,20,23,25-26,33H,2-4,6,14,17-19H2,1H3,(H,35,37)(H,39,40)/b10-5-/t20-,23+,25-,26-,32+/m0/s1. The normalized spacial score (nSPS) is 28.5. The predicted octanol–water partition coefficient (Wildman–Crippen LogP) is 4.61.